The summed E-state index contributed by atoms with van der Waals surface area (Å²) < 4.78 is 113. The molecular weight excluding hydrogens is 707 g/mol. The number of halogens is 8. The average molecular weight is 751 g/mol. The summed E-state index contributed by atoms with van der Waals surface area (Å²) in [5.74, 6) is -2.66. The van der Waals surface area contributed by atoms with Gasteiger partial charge in [-0.15, -0.1) is 0 Å². The van der Waals surface area contributed by atoms with Crippen molar-refractivity contribution in [2.75, 3.05) is 0 Å². The van der Waals surface area contributed by atoms with E-state index in [1.165, 1.54) is 24.3 Å². The maximum absolute atomic E-state index is 13.7. The highest BCUT2D eigenvalue weighted by Crippen LogP contribution is 2.37. The highest BCUT2D eigenvalue weighted by atomic mass is 19.3. The zero-order valence-electron chi connectivity index (χ0n) is 31.2. The third kappa shape index (κ3) is 11.8. The average Bonchev–Trinajstić information content (AvgIpc) is 3.29. The lowest BCUT2D eigenvalue weighted by Crippen LogP contribution is -2.41. The van der Waals surface area contributed by atoms with Gasteiger partial charge in [0.25, 0.3) is 12.9 Å². The minimum Gasteiger partial charge on any atom is -0.399 e. The molecule has 13 heteroatoms. The van der Waals surface area contributed by atoms with Crippen LogP contribution >= 0.6 is 0 Å². The molecule has 4 aromatic rings. The quantitative estimate of drug-likeness (QED) is 0.116. The normalized spacial score (nSPS) is 14.1. The van der Waals surface area contributed by atoms with Crippen LogP contribution < -0.4 is 5.46 Å². The van der Waals surface area contributed by atoms with Gasteiger partial charge < -0.3 is 9.31 Å². The van der Waals surface area contributed by atoms with Crippen molar-refractivity contribution in [2.45, 2.75) is 93.3 Å². The van der Waals surface area contributed by atoms with Crippen molar-refractivity contribution in [1.29, 1.82) is 0 Å². The molecule has 0 saturated carbocycles. The van der Waals surface area contributed by atoms with E-state index in [2.05, 4.69) is 0 Å². The minimum atomic E-state index is -2.83. The second-order valence-electron chi connectivity index (χ2n) is 13.6. The molecule has 1 aliphatic rings. The number of carbonyl (C=O) groups excluding carboxylic acids is 2. The molecule has 1 saturated heterocycles. The molecule has 0 atom stereocenters. The molecular formula is C40H43BF8O4. The zero-order chi connectivity index (χ0) is 40.6. The van der Waals surface area contributed by atoms with Crippen LogP contribution in [-0.4, -0.2) is 30.9 Å². The molecule has 0 radical (unpaired) electrons. The third-order valence-corrected chi connectivity index (χ3v) is 8.99. The number of benzene rings is 4. The number of rotatable bonds is 5. The topological polar surface area (TPSA) is 52.6 Å². The predicted molar refractivity (Wildman–Crippen MR) is 190 cm³/mol. The third-order valence-electron chi connectivity index (χ3n) is 8.99. The number of hydrogen-bond acceptors (Lipinski definition) is 4. The van der Waals surface area contributed by atoms with Crippen molar-refractivity contribution >= 4 is 25.2 Å². The Labute approximate surface area is 305 Å². The number of aryl methyl sites for hydroxylation is 6. The SMILES string of the molecule is Cc1cc(C(F)F)c(F)cc1B1OC(C)(C)C(C)(C)O1.Cc1cc(F)c(C(F)F)cc1C.Cc1cc(F)c(C=O)cc1C.Cc1ccc(F)c(C=O)c1. The van der Waals surface area contributed by atoms with Gasteiger partial charge in [0.05, 0.1) is 33.5 Å². The summed E-state index contributed by atoms with van der Waals surface area (Å²) in [6, 6.07) is 11.9. The Hall–Kier alpha value is -4.36. The molecule has 0 N–H and O–H groups in total. The fraction of sp³-hybridized carbons (Fsp3) is 0.350. The molecule has 286 valence electrons. The van der Waals surface area contributed by atoms with Crippen LogP contribution in [0.15, 0.2) is 54.6 Å². The smallest absolute Gasteiger partial charge is 0.399 e. The second kappa shape index (κ2) is 18.6. The van der Waals surface area contributed by atoms with E-state index in [-0.39, 0.29) is 11.1 Å². The summed E-state index contributed by atoms with van der Waals surface area (Å²) in [6.07, 6.45) is -4.52. The predicted octanol–water partition coefficient (Wildman–Crippen LogP) is 11.0. The summed E-state index contributed by atoms with van der Waals surface area (Å²) in [4.78, 5) is 20.4. The minimum absolute atomic E-state index is 0.125. The second-order valence-corrected chi connectivity index (χ2v) is 13.6. The van der Waals surface area contributed by atoms with Crippen LogP contribution in [0, 0.1) is 64.8 Å². The Balaban J connectivity index is 0.000000256. The summed E-state index contributed by atoms with van der Waals surface area (Å²) in [7, 11) is -0.749. The molecule has 1 aliphatic heterocycles. The number of aldehydes is 2. The first-order valence-electron chi connectivity index (χ1n) is 16.4. The molecule has 0 amide bonds. The number of alkyl halides is 4. The Kier molecular flexibility index (Phi) is 15.7. The van der Waals surface area contributed by atoms with E-state index in [9.17, 15) is 44.7 Å². The lowest BCUT2D eigenvalue weighted by molar-refractivity contribution is 0.00578. The molecule has 0 unspecified atom stereocenters. The first kappa shape index (κ1) is 44.8. The van der Waals surface area contributed by atoms with E-state index in [0.29, 0.717) is 34.7 Å². The van der Waals surface area contributed by atoms with Gasteiger partial charge in [-0.05, 0) is 145 Å². The highest BCUT2D eigenvalue weighted by molar-refractivity contribution is 6.62. The van der Waals surface area contributed by atoms with E-state index in [1.54, 1.807) is 32.9 Å². The summed E-state index contributed by atoms with van der Waals surface area (Å²) >= 11 is 0. The number of hydrogen-bond donors (Lipinski definition) is 0. The van der Waals surface area contributed by atoms with Gasteiger partial charge in [0, 0.05) is 0 Å². The molecule has 0 aromatic heterocycles. The molecule has 0 aliphatic carbocycles. The molecule has 0 bridgehead atoms. The van der Waals surface area contributed by atoms with Gasteiger partial charge in [-0.2, -0.15) is 0 Å². The molecule has 4 nitrogen and oxygen atoms in total. The van der Waals surface area contributed by atoms with E-state index >= 15 is 0 Å². The van der Waals surface area contributed by atoms with Crippen LogP contribution in [0.5, 0.6) is 0 Å². The van der Waals surface area contributed by atoms with E-state index in [1.807, 2.05) is 48.5 Å². The van der Waals surface area contributed by atoms with Crippen molar-refractivity contribution in [3.8, 4) is 0 Å². The van der Waals surface area contributed by atoms with E-state index < -0.39 is 65.6 Å². The molecule has 1 fully saturated rings. The highest BCUT2D eigenvalue weighted by Gasteiger charge is 2.52. The van der Waals surface area contributed by atoms with Gasteiger partial charge in [0.2, 0.25) is 0 Å². The Morgan fingerprint density at radius 3 is 1.38 bits per heavy atom. The maximum atomic E-state index is 13.7. The van der Waals surface area contributed by atoms with Crippen LogP contribution in [0.25, 0.3) is 0 Å². The first-order valence-corrected chi connectivity index (χ1v) is 16.4. The molecule has 53 heavy (non-hydrogen) atoms. The van der Waals surface area contributed by atoms with Crippen molar-refractivity contribution < 1.29 is 54.0 Å². The van der Waals surface area contributed by atoms with Crippen molar-refractivity contribution in [2.24, 2.45) is 0 Å². The van der Waals surface area contributed by atoms with Crippen molar-refractivity contribution in [1.82, 2.24) is 0 Å². The van der Waals surface area contributed by atoms with Crippen LogP contribution in [0.2, 0.25) is 0 Å². The molecule has 5 rings (SSSR count). The van der Waals surface area contributed by atoms with Crippen LogP contribution in [0.4, 0.5) is 35.1 Å². The fourth-order valence-electron chi connectivity index (χ4n) is 4.73. The van der Waals surface area contributed by atoms with Crippen LogP contribution in [-0.2, 0) is 9.31 Å². The van der Waals surface area contributed by atoms with Crippen LogP contribution in [0.1, 0.15) is 106 Å². The Bertz CT molecular complexity index is 1890. The number of carbonyl (C=O) groups is 2. The largest absolute Gasteiger partial charge is 0.495 e. The monoisotopic (exact) mass is 750 g/mol. The lowest BCUT2D eigenvalue weighted by atomic mass is 9.75. The van der Waals surface area contributed by atoms with Crippen LogP contribution in [0.3, 0.4) is 0 Å². The van der Waals surface area contributed by atoms with E-state index in [4.69, 9.17) is 9.31 Å². The van der Waals surface area contributed by atoms with Gasteiger partial charge in [0.15, 0.2) is 12.6 Å². The fourth-order valence-corrected chi connectivity index (χ4v) is 4.73. The van der Waals surface area contributed by atoms with Crippen molar-refractivity contribution in [3.05, 3.63) is 134 Å². The zero-order valence-corrected chi connectivity index (χ0v) is 31.2. The summed E-state index contributed by atoms with van der Waals surface area (Å²) in [6.45, 7) is 18.0. The van der Waals surface area contributed by atoms with Gasteiger partial charge in [-0.1, -0.05) is 17.2 Å². The Morgan fingerprint density at radius 2 is 0.925 bits per heavy atom. The lowest BCUT2D eigenvalue weighted by Gasteiger charge is -2.32. The van der Waals surface area contributed by atoms with Gasteiger partial charge in [0.1, 0.15) is 23.3 Å². The van der Waals surface area contributed by atoms with Gasteiger partial charge >= 0.3 is 7.12 Å². The first-order chi connectivity index (χ1) is 24.5. The van der Waals surface area contributed by atoms with Gasteiger partial charge in [-0.3, -0.25) is 9.59 Å². The maximum Gasteiger partial charge on any atom is 0.495 e. The van der Waals surface area contributed by atoms with E-state index in [0.717, 1.165) is 34.9 Å². The van der Waals surface area contributed by atoms with Crippen molar-refractivity contribution in [3.63, 3.8) is 0 Å². The molecule has 4 aromatic carbocycles. The standard InChI is InChI=1S/C14H18BF3O2.C9H9F3.C9H9FO.C8H7FO/c1-8-6-9(12(17)18)11(16)7-10(8)15-19-13(2,3)14(4,5)20-15;1-5-3-7(9(11)12)8(10)4-6(5)2;1-6-3-8(5-11)9(10)4-7(6)2;1-6-2-3-8(9)7(4-6)5-10/h6-7,12H,1-5H3;3-4,9H,1-2H3;3-5H,1-2H3;2-5H,1H3. The summed E-state index contributed by atoms with van der Waals surface area (Å²) in [5.41, 5.74) is 3.10. The van der Waals surface area contributed by atoms with Gasteiger partial charge in [-0.25, -0.2) is 35.1 Å². The summed E-state index contributed by atoms with van der Waals surface area (Å²) in [5, 5.41) is 0. The molecule has 0 spiro atoms. The Morgan fingerprint density at radius 1 is 0.528 bits per heavy atom. The molecule has 1 heterocycles.